The summed E-state index contributed by atoms with van der Waals surface area (Å²) in [6, 6.07) is 0. The minimum Gasteiger partial charge on any atom is -0.395 e. The van der Waals surface area contributed by atoms with E-state index in [1.165, 1.54) is 89.9 Å². The molecule has 0 aromatic carbocycles. The highest BCUT2D eigenvalue weighted by Gasteiger charge is 2.16. The SMILES string of the molecule is CCCCCCC/C=C/CCCCCCCCC1NC=CN1CCO. The van der Waals surface area contributed by atoms with Crippen molar-refractivity contribution in [1.82, 2.24) is 10.2 Å². The number of aliphatic hydroxyl groups is 1. The lowest BCUT2D eigenvalue weighted by molar-refractivity contribution is 0.194. The van der Waals surface area contributed by atoms with E-state index in [2.05, 4.69) is 35.5 Å². The molecule has 2 N–H and O–H groups in total. The van der Waals surface area contributed by atoms with Crippen LogP contribution in [0.25, 0.3) is 0 Å². The standard InChI is InChI=1S/C22H42N2O/c1-2-3-4-5-6-7-8-9-10-11-12-13-14-15-16-17-22-23-18-19-24(22)20-21-25/h8-9,18-19,22-23,25H,2-7,10-17,20-21H2,1H3/b9-8+. The van der Waals surface area contributed by atoms with E-state index in [1.807, 2.05) is 6.20 Å². The van der Waals surface area contributed by atoms with Gasteiger partial charge in [0.1, 0.15) is 0 Å². The zero-order valence-electron chi connectivity index (χ0n) is 16.6. The Balaban J connectivity index is 1.80. The van der Waals surface area contributed by atoms with Gasteiger partial charge in [-0.25, -0.2) is 0 Å². The fourth-order valence-electron chi connectivity index (χ4n) is 3.45. The summed E-state index contributed by atoms with van der Waals surface area (Å²) in [6.07, 6.45) is 28.0. The maximum absolute atomic E-state index is 9.04. The molecule has 0 bridgehead atoms. The number of β-amino-alcohol motifs (C(OH)–C–C–N with tert-alkyl or cyclic N) is 1. The molecule has 3 nitrogen and oxygen atoms in total. The third-order valence-electron chi connectivity index (χ3n) is 5.05. The number of unbranched alkanes of at least 4 members (excludes halogenated alkanes) is 11. The van der Waals surface area contributed by atoms with Crippen molar-refractivity contribution < 1.29 is 5.11 Å². The Morgan fingerprint density at radius 1 is 0.880 bits per heavy atom. The maximum atomic E-state index is 9.04. The van der Waals surface area contributed by atoms with Crippen molar-refractivity contribution in [2.24, 2.45) is 0 Å². The van der Waals surface area contributed by atoms with Crippen molar-refractivity contribution in [2.45, 2.75) is 103 Å². The Bertz CT molecular complexity index is 341. The smallest absolute Gasteiger partial charge is 0.0982 e. The van der Waals surface area contributed by atoms with Crippen molar-refractivity contribution in [3.05, 3.63) is 24.6 Å². The van der Waals surface area contributed by atoms with Crippen LogP contribution in [0.5, 0.6) is 0 Å². The molecule has 3 heteroatoms. The lowest BCUT2D eigenvalue weighted by atomic mass is 10.1. The molecule has 1 heterocycles. The summed E-state index contributed by atoms with van der Waals surface area (Å²) < 4.78 is 0. The molecule has 0 amide bonds. The molecule has 0 radical (unpaired) electrons. The molecule has 1 unspecified atom stereocenters. The van der Waals surface area contributed by atoms with E-state index in [4.69, 9.17) is 5.11 Å². The van der Waals surface area contributed by atoms with E-state index < -0.39 is 0 Å². The number of allylic oxidation sites excluding steroid dienone is 2. The molecule has 0 aliphatic carbocycles. The Labute approximate surface area is 156 Å². The molecule has 0 aromatic heterocycles. The maximum Gasteiger partial charge on any atom is 0.0982 e. The van der Waals surface area contributed by atoms with Gasteiger partial charge >= 0.3 is 0 Å². The summed E-state index contributed by atoms with van der Waals surface area (Å²) in [7, 11) is 0. The minimum absolute atomic E-state index is 0.232. The molecule has 1 rings (SSSR count). The molecule has 0 spiro atoms. The van der Waals surface area contributed by atoms with Gasteiger partial charge in [0.15, 0.2) is 0 Å². The monoisotopic (exact) mass is 350 g/mol. The summed E-state index contributed by atoms with van der Waals surface area (Å²) in [5.74, 6) is 0. The first-order valence-corrected chi connectivity index (χ1v) is 10.8. The first kappa shape index (κ1) is 22.1. The van der Waals surface area contributed by atoms with Gasteiger partial charge in [0, 0.05) is 18.9 Å². The molecule has 1 aliphatic heterocycles. The first-order valence-electron chi connectivity index (χ1n) is 10.8. The van der Waals surface area contributed by atoms with E-state index >= 15 is 0 Å². The lowest BCUT2D eigenvalue weighted by Gasteiger charge is -2.24. The third kappa shape index (κ3) is 12.1. The van der Waals surface area contributed by atoms with Gasteiger partial charge in [-0.3, -0.25) is 0 Å². The zero-order chi connectivity index (χ0) is 18.0. The summed E-state index contributed by atoms with van der Waals surface area (Å²) in [5.41, 5.74) is 0. The molecular formula is C22H42N2O. The number of nitrogens with zero attached hydrogens (tertiary/aromatic N) is 1. The van der Waals surface area contributed by atoms with Crippen molar-refractivity contribution >= 4 is 0 Å². The summed E-state index contributed by atoms with van der Waals surface area (Å²) >= 11 is 0. The fourth-order valence-corrected chi connectivity index (χ4v) is 3.45. The van der Waals surface area contributed by atoms with Crippen LogP contribution in [0.1, 0.15) is 96.8 Å². The van der Waals surface area contributed by atoms with Crippen LogP contribution >= 0.6 is 0 Å². The zero-order valence-corrected chi connectivity index (χ0v) is 16.6. The average Bonchev–Trinajstić information content (AvgIpc) is 3.06. The van der Waals surface area contributed by atoms with Crippen molar-refractivity contribution in [1.29, 1.82) is 0 Å². The van der Waals surface area contributed by atoms with Crippen LogP contribution in [0.3, 0.4) is 0 Å². The molecule has 0 fully saturated rings. The Morgan fingerprint density at radius 3 is 2.12 bits per heavy atom. The van der Waals surface area contributed by atoms with Gasteiger partial charge in [0.2, 0.25) is 0 Å². The van der Waals surface area contributed by atoms with Crippen LogP contribution < -0.4 is 5.32 Å². The van der Waals surface area contributed by atoms with Gasteiger partial charge in [-0.1, -0.05) is 70.4 Å². The van der Waals surface area contributed by atoms with Gasteiger partial charge in [-0.05, 0) is 38.5 Å². The molecule has 146 valence electrons. The van der Waals surface area contributed by atoms with E-state index in [0.29, 0.717) is 6.17 Å². The summed E-state index contributed by atoms with van der Waals surface area (Å²) in [4.78, 5) is 2.20. The van der Waals surface area contributed by atoms with Gasteiger partial charge in [0.25, 0.3) is 0 Å². The molecule has 0 aromatic rings. The number of rotatable bonds is 17. The van der Waals surface area contributed by atoms with E-state index in [-0.39, 0.29) is 6.61 Å². The fraction of sp³-hybridized carbons (Fsp3) is 0.818. The molecular weight excluding hydrogens is 308 g/mol. The van der Waals surface area contributed by atoms with Crippen LogP contribution in [0, 0.1) is 0 Å². The highest BCUT2D eigenvalue weighted by atomic mass is 16.3. The highest BCUT2D eigenvalue weighted by Crippen LogP contribution is 2.14. The number of nitrogens with one attached hydrogen (secondary N) is 1. The number of hydrogen-bond acceptors (Lipinski definition) is 3. The second-order valence-corrected chi connectivity index (χ2v) is 7.33. The van der Waals surface area contributed by atoms with Crippen LogP contribution in [0.15, 0.2) is 24.6 Å². The summed E-state index contributed by atoms with van der Waals surface area (Å²) in [6.45, 7) is 3.24. The van der Waals surface area contributed by atoms with Gasteiger partial charge in [0.05, 0.1) is 12.8 Å². The Kier molecular flexibility index (Phi) is 14.6. The van der Waals surface area contributed by atoms with Crippen molar-refractivity contribution in [2.75, 3.05) is 13.2 Å². The second-order valence-electron chi connectivity index (χ2n) is 7.33. The Hall–Kier alpha value is -0.960. The van der Waals surface area contributed by atoms with E-state index in [1.54, 1.807) is 0 Å². The summed E-state index contributed by atoms with van der Waals surface area (Å²) in [5, 5.41) is 12.4. The highest BCUT2D eigenvalue weighted by molar-refractivity contribution is 4.93. The van der Waals surface area contributed by atoms with Crippen LogP contribution in [-0.2, 0) is 0 Å². The predicted molar refractivity (Wildman–Crippen MR) is 109 cm³/mol. The predicted octanol–water partition coefficient (Wildman–Crippen LogP) is 5.72. The normalized spacial score (nSPS) is 16.9. The van der Waals surface area contributed by atoms with Gasteiger partial charge < -0.3 is 15.3 Å². The quantitative estimate of drug-likeness (QED) is 0.260. The average molecular weight is 351 g/mol. The van der Waals surface area contributed by atoms with Crippen molar-refractivity contribution in [3.63, 3.8) is 0 Å². The molecule has 0 saturated carbocycles. The van der Waals surface area contributed by atoms with E-state index in [0.717, 1.165) is 6.54 Å². The molecule has 1 atom stereocenters. The van der Waals surface area contributed by atoms with Crippen LogP contribution in [-0.4, -0.2) is 29.3 Å². The Morgan fingerprint density at radius 2 is 1.48 bits per heavy atom. The molecule has 0 saturated heterocycles. The first-order chi connectivity index (χ1) is 12.4. The van der Waals surface area contributed by atoms with Gasteiger partial charge in [-0.15, -0.1) is 0 Å². The van der Waals surface area contributed by atoms with Crippen LogP contribution in [0.4, 0.5) is 0 Å². The molecule has 1 aliphatic rings. The second kappa shape index (κ2) is 16.5. The van der Waals surface area contributed by atoms with E-state index in [9.17, 15) is 0 Å². The number of aliphatic hydroxyl groups excluding tert-OH is 1. The largest absolute Gasteiger partial charge is 0.395 e. The van der Waals surface area contributed by atoms with Gasteiger partial charge in [-0.2, -0.15) is 0 Å². The lowest BCUT2D eigenvalue weighted by Crippen LogP contribution is -2.36. The topological polar surface area (TPSA) is 35.5 Å². The third-order valence-corrected chi connectivity index (χ3v) is 5.05. The molecule has 25 heavy (non-hydrogen) atoms. The number of hydrogen-bond donors (Lipinski definition) is 2. The van der Waals surface area contributed by atoms with Crippen LogP contribution in [0.2, 0.25) is 0 Å². The minimum atomic E-state index is 0.232. The van der Waals surface area contributed by atoms with Crippen molar-refractivity contribution in [3.8, 4) is 0 Å².